The third-order valence-corrected chi connectivity index (χ3v) is 5.20. The van der Waals surface area contributed by atoms with E-state index in [1.165, 1.54) is 4.90 Å². The molecule has 5 nitrogen and oxygen atoms in total. The number of benzene rings is 2. The number of ether oxygens (including phenoxy) is 1. The maximum Gasteiger partial charge on any atom is 0.329 e. The van der Waals surface area contributed by atoms with Crippen LogP contribution in [0.4, 0.5) is 4.79 Å². The van der Waals surface area contributed by atoms with Crippen molar-refractivity contribution in [3.8, 4) is 5.75 Å². The van der Waals surface area contributed by atoms with Gasteiger partial charge in [0.05, 0.1) is 16.7 Å². The molecule has 0 atom stereocenters. The van der Waals surface area contributed by atoms with Crippen molar-refractivity contribution in [2.75, 3.05) is 6.61 Å². The summed E-state index contributed by atoms with van der Waals surface area (Å²) in [6.45, 7) is 2.67. The average molecular weight is 574 g/mol. The fraction of sp³-hybridized carbons (Fsp3) is 0.158. The fourth-order valence-corrected chi connectivity index (χ4v) is 4.67. The van der Waals surface area contributed by atoms with E-state index in [1.807, 2.05) is 49.4 Å². The average Bonchev–Trinajstić information content (AvgIpc) is 2.86. The van der Waals surface area contributed by atoms with Gasteiger partial charge < -0.3 is 10.1 Å². The topological polar surface area (TPSA) is 58.6 Å². The molecule has 26 heavy (non-hydrogen) atoms. The van der Waals surface area contributed by atoms with Gasteiger partial charge in [0.1, 0.15) is 11.4 Å². The molecule has 0 aliphatic carbocycles. The predicted molar refractivity (Wildman–Crippen MR) is 117 cm³/mol. The molecule has 2 aromatic rings. The van der Waals surface area contributed by atoms with Crippen molar-refractivity contribution in [2.45, 2.75) is 13.5 Å². The monoisotopic (exact) mass is 574 g/mol. The number of nitrogens with one attached hydrogen (secondary N) is 1. The lowest BCUT2D eigenvalue weighted by Gasteiger charge is -2.12. The summed E-state index contributed by atoms with van der Waals surface area (Å²) in [5.41, 5.74) is 1.93. The second-order valence-corrected chi connectivity index (χ2v) is 8.01. The Morgan fingerprint density at radius 1 is 1.15 bits per heavy atom. The van der Waals surface area contributed by atoms with E-state index in [2.05, 4.69) is 50.5 Å². The third kappa shape index (κ3) is 4.20. The molecular weight excluding hydrogens is 558 g/mol. The molecule has 3 rings (SSSR count). The molecular formula is C19H16I2N2O3. The highest BCUT2D eigenvalue weighted by atomic mass is 127. The Morgan fingerprint density at radius 3 is 2.58 bits per heavy atom. The van der Waals surface area contributed by atoms with Crippen molar-refractivity contribution < 1.29 is 14.3 Å². The summed E-state index contributed by atoms with van der Waals surface area (Å²) < 4.78 is 7.71. The smallest absolute Gasteiger partial charge is 0.329 e. The highest BCUT2D eigenvalue weighted by molar-refractivity contribution is 14.1. The van der Waals surface area contributed by atoms with Gasteiger partial charge in [-0.15, -0.1) is 0 Å². The molecule has 1 saturated heterocycles. The minimum Gasteiger partial charge on any atom is -0.492 e. The van der Waals surface area contributed by atoms with Crippen molar-refractivity contribution in [3.63, 3.8) is 0 Å². The molecule has 3 amide bonds. The first-order valence-electron chi connectivity index (χ1n) is 8.00. The summed E-state index contributed by atoms with van der Waals surface area (Å²) in [6, 6.07) is 13.0. The van der Waals surface area contributed by atoms with Crippen LogP contribution in [-0.4, -0.2) is 23.4 Å². The Kier molecular flexibility index (Phi) is 6.17. The van der Waals surface area contributed by atoms with Crippen LogP contribution >= 0.6 is 45.2 Å². The van der Waals surface area contributed by atoms with Crippen LogP contribution in [0, 0.1) is 7.14 Å². The highest BCUT2D eigenvalue weighted by Crippen LogP contribution is 2.31. The molecule has 1 aliphatic heterocycles. The number of urea groups is 1. The largest absolute Gasteiger partial charge is 0.492 e. The molecule has 0 unspecified atom stereocenters. The number of imide groups is 1. The van der Waals surface area contributed by atoms with Crippen molar-refractivity contribution in [1.29, 1.82) is 0 Å². The summed E-state index contributed by atoms with van der Waals surface area (Å²) >= 11 is 4.43. The molecule has 1 fully saturated rings. The van der Waals surface area contributed by atoms with Gasteiger partial charge >= 0.3 is 6.03 Å². The molecule has 2 aromatic carbocycles. The number of carbonyl (C=O) groups is 2. The zero-order valence-electron chi connectivity index (χ0n) is 14.0. The summed E-state index contributed by atoms with van der Waals surface area (Å²) in [5.74, 6) is 0.375. The van der Waals surface area contributed by atoms with Crippen molar-refractivity contribution in [2.24, 2.45) is 0 Å². The second-order valence-electron chi connectivity index (χ2n) is 5.60. The Balaban J connectivity index is 1.91. The highest BCUT2D eigenvalue weighted by Gasteiger charge is 2.33. The zero-order valence-corrected chi connectivity index (χ0v) is 18.3. The number of hydrogen-bond donors (Lipinski definition) is 1. The number of carbonyl (C=O) groups excluding carboxylic acids is 2. The van der Waals surface area contributed by atoms with E-state index in [9.17, 15) is 9.59 Å². The van der Waals surface area contributed by atoms with Gasteiger partial charge in [0.15, 0.2) is 0 Å². The first-order chi connectivity index (χ1) is 12.5. The molecule has 134 valence electrons. The number of hydrogen-bond acceptors (Lipinski definition) is 3. The fourth-order valence-electron chi connectivity index (χ4n) is 2.62. The van der Waals surface area contributed by atoms with E-state index >= 15 is 0 Å². The van der Waals surface area contributed by atoms with Gasteiger partial charge in [-0.3, -0.25) is 9.69 Å². The summed E-state index contributed by atoms with van der Waals surface area (Å²) in [7, 11) is 0. The lowest BCUT2D eigenvalue weighted by Crippen LogP contribution is -2.30. The van der Waals surface area contributed by atoms with Crippen molar-refractivity contribution in [3.05, 3.63) is 66.4 Å². The molecule has 1 aliphatic rings. The normalized spacial score (nSPS) is 15.5. The van der Waals surface area contributed by atoms with Crippen LogP contribution in [0.3, 0.4) is 0 Å². The summed E-state index contributed by atoms with van der Waals surface area (Å²) in [4.78, 5) is 26.2. The predicted octanol–water partition coefficient (Wildman–Crippen LogP) is 4.39. The molecule has 0 saturated carbocycles. The molecule has 7 heteroatoms. The Hall–Kier alpha value is -1.62. The molecule has 0 spiro atoms. The first-order valence-corrected chi connectivity index (χ1v) is 10.2. The Labute approximate surface area is 179 Å². The summed E-state index contributed by atoms with van der Waals surface area (Å²) in [6.07, 6.45) is 1.68. The maximum atomic E-state index is 12.7. The van der Waals surface area contributed by atoms with Crippen LogP contribution in [0.5, 0.6) is 5.75 Å². The van der Waals surface area contributed by atoms with Gasteiger partial charge in [-0.2, -0.15) is 0 Å². The molecule has 1 N–H and O–H groups in total. The molecule has 0 aromatic heterocycles. The second kappa shape index (κ2) is 8.38. The van der Waals surface area contributed by atoms with Gasteiger partial charge in [0, 0.05) is 9.13 Å². The van der Waals surface area contributed by atoms with Gasteiger partial charge in [0.2, 0.25) is 0 Å². The van der Waals surface area contributed by atoms with Gasteiger partial charge in [-0.25, -0.2) is 4.79 Å². The van der Waals surface area contributed by atoms with Crippen LogP contribution in [0.25, 0.3) is 6.08 Å². The number of nitrogens with zero attached hydrogens (tertiary/aromatic N) is 1. The zero-order chi connectivity index (χ0) is 18.7. The van der Waals surface area contributed by atoms with Crippen LogP contribution in [0.1, 0.15) is 18.1 Å². The van der Waals surface area contributed by atoms with Crippen LogP contribution < -0.4 is 10.1 Å². The van der Waals surface area contributed by atoms with E-state index in [0.29, 0.717) is 12.4 Å². The van der Waals surface area contributed by atoms with E-state index in [-0.39, 0.29) is 18.1 Å². The van der Waals surface area contributed by atoms with E-state index < -0.39 is 6.03 Å². The number of rotatable bonds is 5. The Morgan fingerprint density at radius 2 is 1.88 bits per heavy atom. The third-order valence-electron chi connectivity index (χ3n) is 3.77. The van der Waals surface area contributed by atoms with Gasteiger partial charge in [-0.05, 0) is 75.9 Å². The summed E-state index contributed by atoms with van der Waals surface area (Å²) in [5, 5.41) is 2.67. The molecule has 1 heterocycles. The van der Waals surface area contributed by atoms with E-state index in [0.717, 1.165) is 18.3 Å². The van der Waals surface area contributed by atoms with Crippen molar-refractivity contribution >= 4 is 63.2 Å². The van der Waals surface area contributed by atoms with E-state index in [4.69, 9.17) is 4.74 Å². The van der Waals surface area contributed by atoms with E-state index in [1.54, 1.807) is 6.08 Å². The van der Waals surface area contributed by atoms with Gasteiger partial charge in [0.25, 0.3) is 5.91 Å². The quantitative estimate of drug-likeness (QED) is 0.328. The number of amides is 3. The standard InChI is InChI=1S/C19H16I2N2O3/c1-2-26-17-13(8-14(20)10-15(17)21)9-16-18(24)23(19(25)22-16)11-12-6-4-3-5-7-12/h3-10H,2,11H2,1H3,(H,22,25)/b16-9+. The molecule has 0 radical (unpaired) electrons. The van der Waals surface area contributed by atoms with Crippen LogP contribution in [0.15, 0.2) is 48.2 Å². The van der Waals surface area contributed by atoms with Crippen molar-refractivity contribution in [1.82, 2.24) is 10.2 Å². The van der Waals surface area contributed by atoms with Crippen LogP contribution in [-0.2, 0) is 11.3 Å². The first kappa shape index (κ1) is 19.2. The maximum absolute atomic E-state index is 12.7. The molecule has 0 bridgehead atoms. The minimum atomic E-state index is -0.414. The number of halogens is 2. The Bertz CT molecular complexity index is 882. The van der Waals surface area contributed by atoms with Gasteiger partial charge in [-0.1, -0.05) is 30.3 Å². The lowest BCUT2D eigenvalue weighted by atomic mass is 10.1. The minimum absolute atomic E-state index is 0.241. The SMILES string of the molecule is CCOc1c(I)cc(I)cc1/C=C1/NC(=O)N(Cc2ccccc2)C1=O. The lowest BCUT2D eigenvalue weighted by molar-refractivity contribution is -0.123. The van der Waals surface area contributed by atoms with Crippen LogP contribution in [0.2, 0.25) is 0 Å².